The number of amides is 2. The van der Waals surface area contributed by atoms with E-state index in [9.17, 15) is 19.5 Å². The van der Waals surface area contributed by atoms with Gasteiger partial charge in [-0.1, -0.05) is 67.5 Å². The molecule has 33 heavy (non-hydrogen) atoms. The summed E-state index contributed by atoms with van der Waals surface area (Å²) in [5.41, 5.74) is -0.574. The van der Waals surface area contributed by atoms with Gasteiger partial charge in [0.1, 0.15) is 6.61 Å². The van der Waals surface area contributed by atoms with Crippen molar-refractivity contribution in [2.24, 2.45) is 0 Å². The van der Waals surface area contributed by atoms with Crippen LogP contribution in [0.3, 0.4) is 0 Å². The molecule has 10 heteroatoms. The molecular weight excluding hydrogens is 464 g/mol. The van der Waals surface area contributed by atoms with E-state index in [0.717, 1.165) is 30.6 Å². The molecule has 1 aromatic carbocycles. The Bertz CT molecular complexity index is 854. The Morgan fingerprint density at radius 1 is 1.30 bits per heavy atom. The summed E-state index contributed by atoms with van der Waals surface area (Å²) < 4.78 is 10.4. The van der Waals surface area contributed by atoms with Crippen molar-refractivity contribution < 1.29 is 33.4 Å². The predicted molar refractivity (Wildman–Crippen MR) is 130 cm³/mol. The van der Waals surface area contributed by atoms with Gasteiger partial charge in [0.2, 0.25) is 11.4 Å². The van der Waals surface area contributed by atoms with Crippen molar-refractivity contribution in [3.8, 4) is 0 Å². The van der Waals surface area contributed by atoms with Crippen LogP contribution in [0.4, 0.5) is 4.79 Å². The molecule has 2 rings (SSSR count). The topological polar surface area (TPSA) is 102 Å². The van der Waals surface area contributed by atoms with Gasteiger partial charge in [-0.3, -0.25) is 5.32 Å². The van der Waals surface area contributed by atoms with Crippen LogP contribution in [0.15, 0.2) is 42.5 Å². The number of carboxylic acid groups (broad SMARTS) is 1. The van der Waals surface area contributed by atoms with Gasteiger partial charge < -0.3 is 14.6 Å². The molecule has 0 radical (unpaired) electrons. The first kappa shape index (κ1) is 27.2. The zero-order chi connectivity index (χ0) is 24.6. The summed E-state index contributed by atoms with van der Waals surface area (Å²) in [7, 11) is 5.75. The van der Waals surface area contributed by atoms with Crippen LogP contribution in [0, 0.1) is 0 Å². The first-order chi connectivity index (χ1) is 15.6. The van der Waals surface area contributed by atoms with E-state index in [1.54, 1.807) is 14.0 Å². The van der Waals surface area contributed by atoms with Gasteiger partial charge in [0.15, 0.2) is 0 Å². The summed E-state index contributed by atoms with van der Waals surface area (Å²) in [4.78, 5) is 38.2. The van der Waals surface area contributed by atoms with Gasteiger partial charge in [-0.05, 0) is 35.3 Å². The smallest absolute Gasteiger partial charge is 0.410 e. The number of carboxylic acids is 1. The quantitative estimate of drug-likeness (QED) is 0.105. The third-order valence-electron chi connectivity index (χ3n) is 5.64. The molecule has 8 nitrogen and oxygen atoms in total. The molecule has 0 bridgehead atoms. The lowest BCUT2D eigenvalue weighted by Gasteiger charge is -2.57. The van der Waals surface area contributed by atoms with E-state index in [-0.39, 0.29) is 6.61 Å². The Balaban J connectivity index is 2.25. The van der Waals surface area contributed by atoms with E-state index in [0.29, 0.717) is 5.57 Å². The normalized spacial score (nSPS) is 25.1. The van der Waals surface area contributed by atoms with E-state index in [1.165, 1.54) is 28.7 Å². The summed E-state index contributed by atoms with van der Waals surface area (Å²) in [6.45, 7) is 7.52. The Morgan fingerprint density at radius 2 is 1.97 bits per heavy atom. The number of nitrogens with zero attached hydrogens (tertiary/aromatic N) is 1. The van der Waals surface area contributed by atoms with Crippen LogP contribution in [0.5, 0.6) is 0 Å². The van der Waals surface area contributed by atoms with E-state index < -0.39 is 39.6 Å². The largest absolute Gasteiger partial charge is 0.477 e. The third-order valence-corrected chi connectivity index (χ3v) is 8.64. The average Bonchev–Trinajstić information content (AvgIpc) is 2.78. The lowest BCUT2D eigenvalue weighted by atomic mass is 9.91. The predicted octanol–water partition coefficient (Wildman–Crippen LogP) is 4.17. The number of likely N-dealkylation sites (tertiary alicyclic amines) is 1. The second-order valence-corrected chi connectivity index (χ2v) is 10.7. The Hall–Kier alpha value is -2.01. The van der Waals surface area contributed by atoms with Crippen molar-refractivity contribution >= 4 is 39.6 Å². The van der Waals surface area contributed by atoms with Gasteiger partial charge >= 0.3 is 23.7 Å². The van der Waals surface area contributed by atoms with E-state index >= 15 is 0 Å². The van der Waals surface area contributed by atoms with Crippen LogP contribution in [-0.4, -0.2) is 64.6 Å². The number of carbonyl (C=O) groups is 3. The van der Waals surface area contributed by atoms with Crippen molar-refractivity contribution in [1.82, 2.24) is 5.32 Å². The maximum atomic E-state index is 13.5. The second kappa shape index (κ2) is 11.9. The third kappa shape index (κ3) is 5.74. The molecule has 0 aliphatic carbocycles. The van der Waals surface area contributed by atoms with Crippen LogP contribution in [0.2, 0.25) is 0 Å². The van der Waals surface area contributed by atoms with Crippen molar-refractivity contribution in [2.75, 3.05) is 19.9 Å². The van der Waals surface area contributed by atoms with Crippen LogP contribution >= 0.6 is 21.6 Å². The molecule has 1 aliphatic rings. The highest BCUT2D eigenvalue weighted by atomic mass is 33.1. The number of quaternary nitrogens is 1. The Morgan fingerprint density at radius 3 is 2.52 bits per heavy atom. The van der Waals surface area contributed by atoms with Gasteiger partial charge in [-0.25, -0.2) is 18.9 Å². The molecule has 0 spiro atoms. The molecular formula is C23H33N2O6S2+. The minimum Gasteiger partial charge on any atom is -0.477 e. The minimum absolute atomic E-state index is 0.0277. The Kier molecular flexibility index (Phi) is 9.84. The summed E-state index contributed by atoms with van der Waals surface area (Å²) >= 11 is 0. The summed E-state index contributed by atoms with van der Waals surface area (Å²) in [5, 5.41) is 11.7. The SMILES string of the molecule is C=C(C)C(C(=O)O)[N+]1(C)C(=O)[C@@](NC(=O)OCc2ccccc2)(OC)[C@@H]1SSCCCCC. The Labute approximate surface area is 203 Å². The number of alkyl carbamates (subject to hydrolysis) is 1. The zero-order valence-electron chi connectivity index (χ0n) is 19.5. The van der Waals surface area contributed by atoms with Crippen molar-refractivity contribution in [3.05, 3.63) is 48.0 Å². The molecule has 1 fully saturated rings. The number of hydrogen-bond acceptors (Lipinski definition) is 7. The summed E-state index contributed by atoms with van der Waals surface area (Å²) in [6, 6.07) is 7.98. The molecule has 182 valence electrons. The maximum Gasteiger partial charge on any atom is 0.410 e. The summed E-state index contributed by atoms with van der Waals surface area (Å²) in [6.07, 6.45) is 2.33. The highest BCUT2D eigenvalue weighted by Gasteiger charge is 2.78. The number of nitrogens with one attached hydrogen (secondary N) is 1. The standard InChI is InChI=1S/C23H32N2O6S2/c1-6-7-11-14-32-33-21-23(30-5,20(28)25(21,4)18(16(2)3)19(26)27)24-22(29)31-15-17-12-9-8-10-13-17/h8-10,12-13,18,21H,2,6-7,11,14-15H2,1,3-5H3,(H-,24,26,27,29)/p+1/t18?,21-,23+,25?/m0/s1. The number of ether oxygens (including phenoxy) is 2. The molecule has 1 saturated heterocycles. The fourth-order valence-corrected chi connectivity index (χ4v) is 7.28. The molecule has 2 unspecified atom stereocenters. The maximum absolute atomic E-state index is 13.5. The van der Waals surface area contributed by atoms with Crippen LogP contribution < -0.4 is 5.32 Å². The average molecular weight is 498 g/mol. The first-order valence-corrected chi connectivity index (χ1v) is 13.1. The lowest BCUT2D eigenvalue weighted by Crippen LogP contribution is -2.89. The van der Waals surface area contributed by atoms with Crippen LogP contribution in [-0.2, 0) is 25.7 Å². The van der Waals surface area contributed by atoms with E-state index in [2.05, 4.69) is 18.8 Å². The highest BCUT2D eigenvalue weighted by molar-refractivity contribution is 8.76. The number of rotatable bonds is 13. The number of methoxy groups -OCH3 is 1. The highest BCUT2D eigenvalue weighted by Crippen LogP contribution is 2.51. The molecule has 1 aromatic rings. The van der Waals surface area contributed by atoms with Crippen molar-refractivity contribution in [2.45, 2.75) is 56.9 Å². The minimum atomic E-state index is -1.71. The molecule has 2 amide bonds. The fraction of sp³-hybridized carbons (Fsp3) is 0.522. The van der Waals surface area contributed by atoms with Gasteiger partial charge in [0.05, 0.1) is 7.05 Å². The van der Waals surface area contributed by atoms with Crippen LogP contribution in [0.25, 0.3) is 0 Å². The monoisotopic (exact) mass is 497 g/mol. The van der Waals surface area contributed by atoms with Gasteiger partial charge in [0, 0.05) is 12.9 Å². The van der Waals surface area contributed by atoms with Crippen molar-refractivity contribution in [3.63, 3.8) is 0 Å². The molecule has 1 heterocycles. The van der Waals surface area contributed by atoms with E-state index in [4.69, 9.17) is 9.47 Å². The fourth-order valence-electron chi connectivity index (χ4n) is 3.98. The molecule has 2 N–H and O–H groups in total. The number of carbonyl (C=O) groups excluding carboxylic acids is 2. The van der Waals surface area contributed by atoms with E-state index in [1.807, 2.05) is 30.3 Å². The van der Waals surface area contributed by atoms with Gasteiger partial charge in [-0.2, -0.15) is 0 Å². The number of unbranched alkanes of at least 4 members (excludes halogenated alkanes) is 2. The zero-order valence-corrected chi connectivity index (χ0v) is 21.2. The number of β-lactam (4-membered cyclic amide) rings is 1. The molecule has 4 atom stereocenters. The van der Waals surface area contributed by atoms with Gasteiger partial charge in [-0.15, -0.1) is 0 Å². The molecule has 0 saturated carbocycles. The molecule has 1 aliphatic heterocycles. The first-order valence-electron chi connectivity index (χ1n) is 10.8. The number of hydrogen-bond donors (Lipinski definition) is 2. The van der Waals surface area contributed by atoms with Crippen molar-refractivity contribution in [1.29, 1.82) is 0 Å². The number of benzene rings is 1. The molecule has 0 aromatic heterocycles. The van der Waals surface area contributed by atoms with Crippen LogP contribution in [0.1, 0.15) is 38.7 Å². The van der Waals surface area contributed by atoms with Gasteiger partial charge in [0.25, 0.3) is 0 Å². The lowest BCUT2D eigenvalue weighted by molar-refractivity contribution is -0.899. The second-order valence-electron chi connectivity index (χ2n) is 8.14. The number of aliphatic carboxylic acids is 1. The summed E-state index contributed by atoms with van der Waals surface area (Å²) in [5.74, 6) is -0.897. The number of likely N-dealkylation sites (N-methyl/N-ethyl adjacent to an activating group) is 1.